The van der Waals surface area contributed by atoms with Gasteiger partial charge >= 0.3 is 37.9 Å². The van der Waals surface area contributed by atoms with Crippen molar-refractivity contribution >= 4 is 48.1 Å². The van der Waals surface area contributed by atoms with Gasteiger partial charge in [-0.2, -0.15) is 12.1 Å². The molecule has 4 heteroatoms. The second-order valence-corrected chi connectivity index (χ2v) is 23.2. The minimum absolute atomic E-state index is 0.210. The number of halogens is 2. The fourth-order valence-electron chi connectivity index (χ4n) is 8.09. The quantitative estimate of drug-likeness (QED) is 0.122. The van der Waals surface area contributed by atoms with Crippen LogP contribution < -0.4 is 0 Å². The van der Waals surface area contributed by atoms with Gasteiger partial charge in [0.15, 0.2) is 0 Å². The third-order valence-corrected chi connectivity index (χ3v) is 13.2. The number of aryl methyl sites for hydroxylation is 2. The number of hydrogen-bond acceptors (Lipinski definition) is 0. The van der Waals surface area contributed by atoms with Gasteiger partial charge in [0.05, 0.1) is 0 Å². The topological polar surface area (TPSA) is 0 Å². The van der Waals surface area contributed by atoms with Crippen molar-refractivity contribution in [3.63, 3.8) is 0 Å². The van der Waals surface area contributed by atoms with Crippen LogP contribution in [0.1, 0.15) is 115 Å². The van der Waals surface area contributed by atoms with E-state index in [0.29, 0.717) is 0 Å². The van der Waals surface area contributed by atoms with Gasteiger partial charge in [-0.25, -0.2) is 0 Å². The second-order valence-electron chi connectivity index (χ2n) is 17.5. The first-order chi connectivity index (χ1) is 25.8. The van der Waals surface area contributed by atoms with E-state index < -0.39 is 20.8 Å². The van der Waals surface area contributed by atoms with Gasteiger partial charge in [0.1, 0.15) is 0 Å². The van der Waals surface area contributed by atoms with Crippen LogP contribution in [0.15, 0.2) is 109 Å². The Balaban J connectivity index is 0.000000156. The Bertz CT molecular complexity index is 1880. The Hall–Kier alpha value is -2.22. The molecule has 0 spiro atoms. The fraction of sp³-hybridized carbons (Fsp3) is 0.400. The molecule has 2 fully saturated rings. The van der Waals surface area contributed by atoms with Crippen LogP contribution in [0.2, 0.25) is 11.1 Å². The molecule has 0 amide bonds. The normalized spacial score (nSPS) is 14.9. The first-order valence-electron chi connectivity index (χ1n) is 20.0. The van der Waals surface area contributed by atoms with E-state index in [1.54, 1.807) is 25.7 Å². The van der Waals surface area contributed by atoms with Crippen LogP contribution in [0.4, 0.5) is 0 Å². The summed E-state index contributed by atoms with van der Waals surface area (Å²) in [6.45, 7) is 17.8. The first kappa shape index (κ1) is 42.9. The summed E-state index contributed by atoms with van der Waals surface area (Å²) < 4.78 is 0. The van der Waals surface area contributed by atoms with Gasteiger partial charge < -0.3 is 0 Å². The summed E-state index contributed by atoms with van der Waals surface area (Å²) in [6, 6.07) is 40.2. The van der Waals surface area contributed by atoms with E-state index in [2.05, 4.69) is 165 Å². The molecule has 6 aromatic rings. The summed E-state index contributed by atoms with van der Waals surface area (Å²) in [5.41, 5.74) is 13.4. The Kier molecular flexibility index (Phi) is 15.7. The van der Waals surface area contributed by atoms with Crippen molar-refractivity contribution in [1.82, 2.24) is 0 Å². The summed E-state index contributed by atoms with van der Waals surface area (Å²) >= 11 is -0.826. The minimum atomic E-state index is -0.826. The molecular weight excluding hydrogens is 791 g/mol. The van der Waals surface area contributed by atoms with Crippen LogP contribution in [0.5, 0.6) is 0 Å². The number of rotatable bonds is 4. The predicted octanol–water partition coefficient (Wildman–Crippen LogP) is 16.5. The fourth-order valence-corrected chi connectivity index (χ4v) is 10.2. The summed E-state index contributed by atoms with van der Waals surface area (Å²) in [7, 11) is 11.2. The van der Waals surface area contributed by atoms with Gasteiger partial charge in [0, 0.05) is 9.52 Å². The third kappa shape index (κ3) is 11.9. The van der Waals surface area contributed by atoms with Crippen molar-refractivity contribution in [1.29, 1.82) is 0 Å². The van der Waals surface area contributed by atoms with Crippen molar-refractivity contribution < 1.29 is 20.8 Å². The summed E-state index contributed by atoms with van der Waals surface area (Å²) in [5.74, 6) is 0. The second kappa shape index (κ2) is 19.8. The van der Waals surface area contributed by atoms with Gasteiger partial charge in [0.2, 0.25) is 0 Å². The van der Waals surface area contributed by atoms with Crippen molar-refractivity contribution in [2.24, 2.45) is 0 Å². The maximum atomic E-state index is 4.93. The molecule has 0 bridgehead atoms. The molecule has 0 saturated heterocycles. The van der Waals surface area contributed by atoms with E-state index in [0.717, 1.165) is 11.1 Å². The SMILES string of the molecule is C1CCC([Si]C2CCCC2)C1.Cc1cc2c(-c3ccc(C(C)(C)C)cc3)cccc2[cH-]1.Cc1cc2c(-c3ccc(C(C)(C)C)cc3)cccc2[cH-]1.[Cl][Zr+2][Cl]. The Morgan fingerprint density at radius 2 is 0.870 bits per heavy atom. The Labute approximate surface area is 348 Å². The molecule has 0 heterocycles. The molecule has 2 radical (unpaired) electrons. The maximum absolute atomic E-state index is 4.93. The van der Waals surface area contributed by atoms with Crippen molar-refractivity contribution in [3.05, 3.63) is 131 Å². The monoisotopic (exact) mass is 848 g/mol. The first-order valence-corrected chi connectivity index (χ1v) is 27.5. The van der Waals surface area contributed by atoms with Gasteiger partial charge in [-0.1, -0.05) is 179 Å². The van der Waals surface area contributed by atoms with Crippen LogP contribution in [0.25, 0.3) is 43.8 Å². The van der Waals surface area contributed by atoms with E-state index in [1.165, 1.54) is 101 Å². The van der Waals surface area contributed by atoms with E-state index in [-0.39, 0.29) is 10.8 Å². The average molecular weight is 851 g/mol. The molecule has 0 aliphatic heterocycles. The predicted molar refractivity (Wildman–Crippen MR) is 239 cm³/mol. The summed E-state index contributed by atoms with van der Waals surface area (Å²) in [4.78, 5) is 0. The van der Waals surface area contributed by atoms with Crippen molar-refractivity contribution in [3.8, 4) is 22.3 Å². The molecule has 54 heavy (non-hydrogen) atoms. The standard InChI is InChI=1S/2C20H21.C10H18Si.2ClH.Zr/c2*1-14-12-16-6-5-7-18(19(16)13-14)15-8-10-17(11-9-15)20(2,3)4;1-2-6-9(5-1)11-10-7-3-4-8-10;;;/h2*5-13H,1-4H3;9-10H,1-8H2;2*1H;/q2*-1;;;;+4/p-2. The van der Waals surface area contributed by atoms with Gasteiger partial charge in [0.25, 0.3) is 0 Å². The van der Waals surface area contributed by atoms with Crippen LogP contribution >= 0.6 is 17.0 Å². The summed E-state index contributed by atoms with van der Waals surface area (Å²) in [5, 5.41) is 5.38. The molecule has 0 atom stereocenters. The number of benzene rings is 4. The van der Waals surface area contributed by atoms with Crippen LogP contribution in [0, 0.1) is 13.8 Å². The molecule has 0 unspecified atom stereocenters. The number of fused-ring (bicyclic) bond motifs is 2. The molecular formula is C50H60Cl2SiZr. The number of hydrogen-bond donors (Lipinski definition) is 0. The molecule has 0 nitrogen and oxygen atoms in total. The van der Waals surface area contributed by atoms with Crippen LogP contribution in [-0.2, 0) is 31.7 Å². The molecule has 2 aliphatic carbocycles. The Morgan fingerprint density at radius 3 is 1.19 bits per heavy atom. The molecule has 6 aromatic carbocycles. The van der Waals surface area contributed by atoms with Gasteiger partial charge in [-0.15, -0.1) is 69.1 Å². The summed E-state index contributed by atoms with van der Waals surface area (Å²) in [6.07, 6.45) is 12.4. The third-order valence-electron chi connectivity index (χ3n) is 11.1. The average Bonchev–Trinajstić information content (AvgIpc) is 3.96. The van der Waals surface area contributed by atoms with Crippen LogP contribution in [0.3, 0.4) is 0 Å². The zero-order valence-electron chi connectivity index (χ0n) is 34.0. The zero-order chi connectivity index (χ0) is 38.9. The Morgan fingerprint density at radius 1 is 0.537 bits per heavy atom. The molecule has 0 N–H and O–H groups in total. The van der Waals surface area contributed by atoms with E-state index in [9.17, 15) is 0 Å². The molecule has 0 aromatic heterocycles. The van der Waals surface area contributed by atoms with E-state index >= 15 is 0 Å². The van der Waals surface area contributed by atoms with Crippen molar-refractivity contribution in [2.75, 3.05) is 0 Å². The zero-order valence-corrected chi connectivity index (χ0v) is 38.9. The van der Waals surface area contributed by atoms with Crippen LogP contribution in [-0.4, -0.2) is 9.52 Å². The van der Waals surface area contributed by atoms with E-state index in [1.807, 2.05) is 0 Å². The van der Waals surface area contributed by atoms with Gasteiger partial charge in [-0.05, 0) is 44.2 Å². The molecule has 282 valence electrons. The van der Waals surface area contributed by atoms with E-state index in [4.69, 9.17) is 17.0 Å². The van der Waals surface area contributed by atoms with Crippen molar-refractivity contribution in [2.45, 2.75) is 129 Å². The molecule has 2 aliphatic rings. The molecule has 8 rings (SSSR count). The van der Waals surface area contributed by atoms with Gasteiger partial charge in [-0.3, -0.25) is 0 Å². The molecule has 2 saturated carbocycles.